The van der Waals surface area contributed by atoms with Crippen molar-refractivity contribution in [2.24, 2.45) is 0 Å². The highest BCUT2D eigenvalue weighted by atomic mass is 32.2. The van der Waals surface area contributed by atoms with Crippen molar-refractivity contribution in [3.05, 3.63) is 12.1 Å². The Bertz CT molecular complexity index is 312. The zero-order chi connectivity index (χ0) is 9.30. The molecule has 0 spiro atoms. The van der Waals surface area contributed by atoms with E-state index in [1.807, 2.05) is 0 Å². The van der Waals surface area contributed by atoms with Gasteiger partial charge in [0.2, 0.25) is 0 Å². The fourth-order valence-corrected chi connectivity index (χ4v) is 1.09. The molecule has 1 aromatic carbocycles. The number of hydrogen-bond acceptors (Lipinski definition) is 5. The molecule has 0 aliphatic rings. The zero-order valence-corrected chi connectivity index (χ0v) is 6.54. The van der Waals surface area contributed by atoms with Crippen LogP contribution in [0.15, 0.2) is 17.0 Å². The lowest BCUT2D eigenvalue weighted by molar-refractivity contribution is 0.365. The van der Waals surface area contributed by atoms with Crippen LogP contribution in [0, 0.1) is 0 Å². The summed E-state index contributed by atoms with van der Waals surface area (Å²) in [6.45, 7) is 0. The molecule has 0 saturated carbocycles. The van der Waals surface area contributed by atoms with Crippen LogP contribution in [0.4, 0.5) is 0 Å². The van der Waals surface area contributed by atoms with Gasteiger partial charge >= 0.3 is 0 Å². The van der Waals surface area contributed by atoms with E-state index in [0.717, 1.165) is 12.1 Å². The summed E-state index contributed by atoms with van der Waals surface area (Å²) in [5, 5.41) is 26.5. The molecule has 1 atom stereocenters. The summed E-state index contributed by atoms with van der Waals surface area (Å²) in [7, 11) is 0. The van der Waals surface area contributed by atoms with Gasteiger partial charge in [-0.25, -0.2) is 0 Å². The standard InChI is InChI=1S/C6H6O5S/c7-4-1-3(12(10)11)2-5(8)6(4)9/h1-2,7-9H,(H,10,11)/p-1. The molecular formula is C6H5O5S-. The first-order valence-electron chi connectivity index (χ1n) is 2.86. The van der Waals surface area contributed by atoms with Crippen LogP contribution in [0.25, 0.3) is 0 Å². The lowest BCUT2D eigenvalue weighted by Gasteiger charge is -2.07. The smallest absolute Gasteiger partial charge is 0.200 e. The van der Waals surface area contributed by atoms with Crippen molar-refractivity contribution in [2.75, 3.05) is 0 Å². The first-order valence-corrected chi connectivity index (χ1v) is 3.94. The third-order valence-corrected chi connectivity index (χ3v) is 1.86. The van der Waals surface area contributed by atoms with E-state index in [0.29, 0.717) is 0 Å². The summed E-state index contributed by atoms with van der Waals surface area (Å²) >= 11 is -2.54. The highest BCUT2D eigenvalue weighted by molar-refractivity contribution is 7.79. The summed E-state index contributed by atoms with van der Waals surface area (Å²) < 4.78 is 20.6. The monoisotopic (exact) mass is 189 g/mol. The Morgan fingerprint density at radius 2 is 1.58 bits per heavy atom. The number of phenols is 3. The Labute approximate surface area is 70.2 Å². The topological polar surface area (TPSA) is 101 Å². The molecule has 0 aliphatic heterocycles. The van der Waals surface area contributed by atoms with Crippen molar-refractivity contribution >= 4 is 11.1 Å². The summed E-state index contributed by atoms with van der Waals surface area (Å²) in [5.74, 6) is -2.08. The fourth-order valence-electron chi connectivity index (χ4n) is 0.675. The molecular weight excluding hydrogens is 184 g/mol. The minimum atomic E-state index is -2.54. The lowest BCUT2D eigenvalue weighted by atomic mass is 10.3. The maximum Gasteiger partial charge on any atom is 0.200 e. The number of rotatable bonds is 1. The van der Waals surface area contributed by atoms with Crippen LogP contribution < -0.4 is 0 Å². The Morgan fingerprint density at radius 1 is 1.17 bits per heavy atom. The third-order valence-electron chi connectivity index (χ3n) is 1.24. The van der Waals surface area contributed by atoms with Crippen molar-refractivity contribution in [2.45, 2.75) is 4.90 Å². The van der Waals surface area contributed by atoms with Crippen LogP contribution in [0.1, 0.15) is 0 Å². The molecule has 1 rings (SSSR count). The van der Waals surface area contributed by atoms with E-state index in [1.54, 1.807) is 0 Å². The maximum atomic E-state index is 10.3. The van der Waals surface area contributed by atoms with Crippen LogP contribution in [0.5, 0.6) is 17.2 Å². The van der Waals surface area contributed by atoms with Crippen LogP contribution in [0.2, 0.25) is 0 Å². The Hall–Kier alpha value is -1.27. The summed E-state index contributed by atoms with van der Waals surface area (Å²) in [6.07, 6.45) is 0. The fraction of sp³-hybridized carbons (Fsp3) is 0. The van der Waals surface area contributed by atoms with E-state index < -0.39 is 28.3 Å². The molecule has 6 heteroatoms. The van der Waals surface area contributed by atoms with Crippen molar-refractivity contribution in [3.8, 4) is 17.2 Å². The molecule has 12 heavy (non-hydrogen) atoms. The first-order chi connectivity index (χ1) is 5.52. The van der Waals surface area contributed by atoms with Crippen molar-refractivity contribution in [1.29, 1.82) is 0 Å². The normalized spacial score (nSPS) is 12.8. The van der Waals surface area contributed by atoms with Crippen LogP contribution >= 0.6 is 0 Å². The Kier molecular flexibility index (Phi) is 2.20. The molecule has 0 fully saturated rings. The largest absolute Gasteiger partial charge is 0.768 e. The molecule has 1 aromatic rings. The minimum absolute atomic E-state index is 0.289. The van der Waals surface area contributed by atoms with Gasteiger partial charge in [0.25, 0.3) is 0 Å². The van der Waals surface area contributed by atoms with Gasteiger partial charge in [0, 0.05) is 4.90 Å². The van der Waals surface area contributed by atoms with Gasteiger partial charge in [-0.1, -0.05) is 0 Å². The molecule has 0 aromatic heterocycles. The van der Waals surface area contributed by atoms with Crippen LogP contribution in [-0.4, -0.2) is 24.1 Å². The van der Waals surface area contributed by atoms with E-state index in [4.69, 9.17) is 15.3 Å². The lowest BCUT2D eigenvalue weighted by Crippen LogP contribution is -1.87. The molecule has 0 radical (unpaired) electrons. The summed E-state index contributed by atoms with van der Waals surface area (Å²) in [6, 6.07) is 1.66. The van der Waals surface area contributed by atoms with E-state index in [1.165, 1.54) is 0 Å². The second kappa shape index (κ2) is 3.00. The van der Waals surface area contributed by atoms with Gasteiger partial charge in [0.05, 0.1) is 0 Å². The van der Waals surface area contributed by atoms with Crippen LogP contribution in [-0.2, 0) is 11.1 Å². The highest BCUT2D eigenvalue weighted by Crippen LogP contribution is 2.35. The predicted octanol–water partition coefficient (Wildman–Crippen LogP) is 0.0414. The quantitative estimate of drug-likeness (QED) is 0.427. The van der Waals surface area contributed by atoms with E-state index >= 15 is 0 Å². The maximum absolute atomic E-state index is 10.3. The Morgan fingerprint density at radius 3 is 1.92 bits per heavy atom. The second-order valence-corrected chi connectivity index (χ2v) is 2.99. The van der Waals surface area contributed by atoms with Gasteiger partial charge in [-0.15, -0.1) is 0 Å². The predicted molar refractivity (Wildman–Crippen MR) is 38.6 cm³/mol. The molecule has 0 aliphatic carbocycles. The van der Waals surface area contributed by atoms with Crippen LogP contribution in [0.3, 0.4) is 0 Å². The number of hydrogen-bond donors (Lipinski definition) is 3. The highest BCUT2D eigenvalue weighted by Gasteiger charge is 2.07. The van der Waals surface area contributed by atoms with E-state index in [-0.39, 0.29) is 4.90 Å². The molecule has 66 valence electrons. The van der Waals surface area contributed by atoms with Gasteiger partial charge < -0.3 is 19.9 Å². The molecule has 0 saturated heterocycles. The van der Waals surface area contributed by atoms with E-state index in [2.05, 4.69) is 0 Å². The van der Waals surface area contributed by atoms with Gasteiger partial charge in [-0.05, 0) is 23.2 Å². The van der Waals surface area contributed by atoms with Gasteiger partial charge in [0.1, 0.15) is 0 Å². The molecule has 3 N–H and O–H groups in total. The average Bonchev–Trinajstić information content (AvgIpc) is 1.99. The van der Waals surface area contributed by atoms with Gasteiger partial charge in [-0.2, -0.15) is 0 Å². The third kappa shape index (κ3) is 1.49. The van der Waals surface area contributed by atoms with Crippen molar-refractivity contribution < 1.29 is 24.1 Å². The van der Waals surface area contributed by atoms with Crippen molar-refractivity contribution in [1.82, 2.24) is 0 Å². The SMILES string of the molecule is O=S([O-])c1cc(O)c(O)c(O)c1. The summed E-state index contributed by atoms with van der Waals surface area (Å²) in [4.78, 5) is -0.289. The van der Waals surface area contributed by atoms with Crippen molar-refractivity contribution in [3.63, 3.8) is 0 Å². The first kappa shape index (κ1) is 8.82. The number of benzene rings is 1. The molecule has 0 amide bonds. The van der Waals surface area contributed by atoms with Gasteiger partial charge in [-0.3, -0.25) is 4.21 Å². The van der Waals surface area contributed by atoms with Gasteiger partial charge in [0.15, 0.2) is 17.2 Å². The minimum Gasteiger partial charge on any atom is -0.768 e. The zero-order valence-electron chi connectivity index (χ0n) is 5.72. The number of aromatic hydroxyl groups is 3. The molecule has 5 nitrogen and oxygen atoms in total. The second-order valence-electron chi connectivity index (χ2n) is 2.04. The Balaban J connectivity index is 3.31. The average molecular weight is 189 g/mol. The molecule has 0 heterocycles. The molecule has 0 bridgehead atoms. The molecule has 1 unspecified atom stereocenters. The number of phenolic OH excluding ortho intramolecular Hbond substituents is 3. The van der Waals surface area contributed by atoms with E-state index in [9.17, 15) is 8.76 Å². The summed E-state index contributed by atoms with van der Waals surface area (Å²) in [5.41, 5.74) is 0.